The highest BCUT2D eigenvalue weighted by Crippen LogP contribution is 2.15. The molecule has 1 amide bonds. The Morgan fingerprint density at radius 2 is 1.72 bits per heavy atom. The average molecular weight is 439 g/mol. The van der Waals surface area contributed by atoms with Crippen LogP contribution in [0.5, 0.6) is 0 Å². The van der Waals surface area contributed by atoms with Gasteiger partial charge in [-0.1, -0.05) is 41.9 Å². The molecule has 2 aromatic rings. The summed E-state index contributed by atoms with van der Waals surface area (Å²) in [6.45, 7) is 4.82. The van der Waals surface area contributed by atoms with Gasteiger partial charge in [-0.05, 0) is 56.5 Å². The van der Waals surface area contributed by atoms with Crippen molar-refractivity contribution < 1.29 is 17.9 Å². The standard InChI is InChI=1S/C21H27ClN2O4S/c1-16(2)28-14-6-13-23-21(25)20(15-17-7-4-3-5-8-17)24-29(26,27)19-11-9-18(22)10-12-19/h3-5,7-12,16,20,24H,6,13-15H2,1-2H3,(H,23,25). The van der Waals surface area contributed by atoms with Gasteiger partial charge in [0.15, 0.2) is 0 Å². The van der Waals surface area contributed by atoms with Crippen molar-refractivity contribution in [3.05, 3.63) is 65.2 Å². The summed E-state index contributed by atoms with van der Waals surface area (Å²) < 4.78 is 33.5. The Hall–Kier alpha value is -1.93. The molecule has 8 heteroatoms. The number of halogens is 1. The second kappa shape index (κ2) is 11.3. The number of sulfonamides is 1. The summed E-state index contributed by atoms with van der Waals surface area (Å²) in [5, 5.41) is 3.23. The molecule has 158 valence electrons. The quantitative estimate of drug-likeness (QED) is 0.528. The second-order valence-corrected chi connectivity index (χ2v) is 9.03. The van der Waals surface area contributed by atoms with Crippen LogP contribution in [0.3, 0.4) is 0 Å². The number of hydrogen-bond acceptors (Lipinski definition) is 4. The van der Waals surface area contributed by atoms with E-state index in [4.69, 9.17) is 16.3 Å². The van der Waals surface area contributed by atoms with Gasteiger partial charge >= 0.3 is 0 Å². The minimum Gasteiger partial charge on any atom is -0.379 e. The largest absolute Gasteiger partial charge is 0.379 e. The van der Waals surface area contributed by atoms with Crippen molar-refractivity contribution in [1.82, 2.24) is 10.0 Å². The highest BCUT2D eigenvalue weighted by molar-refractivity contribution is 7.89. The number of hydrogen-bond donors (Lipinski definition) is 2. The Balaban J connectivity index is 2.08. The molecule has 0 bridgehead atoms. The third-order valence-electron chi connectivity index (χ3n) is 4.09. The smallest absolute Gasteiger partial charge is 0.241 e. The molecular formula is C21H27ClN2O4S. The Morgan fingerprint density at radius 1 is 1.07 bits per heavy atom. The molecule has 29 heavy (non-hydrogen) atoms. The minimum absolute atomic E-state index is 0.0538. The van der Waals surface area contributed by atoms with Crippen LogP contribution in [0.25, 0.3) is 0 Å². The molecule has 1 unspecified atom stereocenters. The Bertz CT molecular complexity index is 871. The van der Waals surface area contributed by atoms with E-state index in [1.165, 1.54) is 24.3 Å². The van der Waals surface area contributed by atoms with E-state index in [1.54, 1.807) is 0 Å². The maximum absolute atomic E-state index is 12.7. The van der Waals surface area contributed by atoms with E-state index in [0.29, 0.717) is 24.6 Å². The van der Waals surface area contributed by atoms with Crippen LogP contribution in [-0.4, -0.2) is 39.6 Å². The molecule has 0 radical (unpaired) electrons. The van der Waals surface area contributed by atoms with Gasteiger partial charge in [-0.25, -0.2) is 8.42 Å². The molecule has 2 N–H and O–H groups in total. The highest BCUT2D eigenvalue weighted by atomic mass is 35.5. The molecule has 0 saturated carbocycles. The van der Waals surface area contributed by atoms with Gasteiger partial charge in [-0.3, -0.25) is 4.79 Å². The van der Waals surface area contributed by atoms with Crippen LogP contribution >= 0.6 is 11.6 Å². The fourth-order valence-corrected chi connectivity index (χ4v) is 3.95. The molecular weight excluding hydrogens is 412 g/mol. The van der Waals surface area contributed by atoms with Gasteiger partial charge in [0.2, 0.25) is 15.9 Å². The lowest BCUT2D eigenvalue weighted by Gasteiger charge is -2.19. The van der Waals surface area contributed by atoms with Crippen molar-refractivity contribution in [2.75, 3.05) is 13.2 Å². The van der Waals surface area contributed by atoms with Crippen LogP contribution in [0.1, 0.15) is 25.8 Å². The first kappa shape index (κ1) is 23.3. The van der Waals surface area contributed by atoms with Gasteiger partial charge in [-0.2, -0.15) is 4.72 Å². The van der Waals surface area contributed by atoms with E-state index in [9.17, 15) is 13.2 Å². The first-order valence-electron chi connectivity index (χ1n) is 9.49. The predicted octanol–water partition coefficient (Wildman–Crippen LogP) is 3.16. The van der Waals surface area contributed by atoms with Crippen molar-refractivity contribution in [3.8, 4) is 0 Å². The molecule has 0 heterocycles. The molecule has 1 atom stereocenters. The topological polar surface area (TPSA) is 84.5 Å². The lowest BCUT2D eigenvalue weighted by Crippen LogP contribution is -2.48. The monoisotopic (exact) mass is 438 g/mol. The summed E-state index contributed by atoms with van der Waals surface area (Å²) >= 11 is 5.84. The van der Waals surface area contributed by atoms with E-state index in [0.717, 1.165) is 5.56 Å². The first-order chi connectivity index (χ1) is 13.8. The third-order valence-corrected chi connectivity index (χ3v) is 5.83. The van der Waals surface area contributed by atoms with Crippen molar-refractivity contribution in [3.63, 3.8) is 0 Å². The van der Waals surface area contributed by atoms with E-state index in [2.05, 4.69) is 10.0 Å². The van der Waals surface area contributed by atoms with Crippen molar-refractivity contribution in [1.29, 1.82) is 0 Å². The summed E-state index contributed by atoms with van der Waals surface area (Å²) in [5.74, 6) is -0.379. The van der Waals surface area contributed by atoms with Crippen LogP contribution in [-0.2, 0) is 26.0 Å². The summed E-state index contributed by atoms with van der Waals surface area (Å²) in [4.78, 5) is 12.8. The number of amides is 1. The van der Waals surface area contributed by atoms with Crippen molar-refractivity contribution in [2.45, 2.75) is 43.7 Å². The summed E-state index contributed by atoms with van der Waals surface area (Å²) in [6.07, 6.45) is 1.01. The van der Waals surface area contributed by atoms with Crippen molar-refractivity contribution >= 4 is 27.5 Å². The number of rotatable bonds is 11. The minimum atomic E-state index is -3.88. The number of carbonyl (C=O) groups is 1. The van der Waals surface area contributed by atoms with Crippen LogP contribution in [0.15, 0.2) is 59.5 Å². The van der Waals surface area contributed by atoms with Gasteiger partial charge in [0.1, 0.15) is 6.04 Å². The van der Waals surface area contributed by atoms with E-state index < -0.39 is 16.1 Å². The second-order valence-electron chi connectivity index (χ2n) is 6.88. The molecule has 0 saturated heterocycles. The van der Waals surface area contributed by atoms with E-state index in [-0.39, 0.29) is 23.3 Å². The molecule has 0 aliphatic carbocycles. The number of ether oxygens (including phenoxy) is 1. The maximum Gasteiger partial charge on any atom is 0.241 e. The summed E-state index contributed by atoms with van der Waals surface area (Å²) in [6, 6.07) is 14.1. The molecule has 2 rings (SSSR count). The lowest BCUT2D eigenvalue weighted by atomic mass is 10.1. The molecule has 0 aromatic heterocycles. The van der Waals surface area contributed by atoms with Crippen LogP contribution < -0.4 is 10.0 Å². The van der Waals surface area contributed by atoms with Gasteiger partial charge in [0, 0.05) is 18.2 Å². The van der Waals surface area contributed by atoms with Crippen molar-refractivity contribution in [2.24, 2.45) is 0 Å². The molecule has 0 fully saturated rings. The maximum atomic E-state index is 12.7. The van der Waals surface area contributed by atoms with Crippen LogP contribution in [0.4, 0.5) is 0 Å². The normalized spacial score (nSPS) is 12.7. The number of carbonyl (C=O) groups excluding carboxylic acids is 1. The molecule has 6 nitrogen and oxygen atoms in total. The van der Waals surface area contributed by atoms with Crippen LogP contribution in [0.2, 0.25) is 5.02 Å². The number of benzene rings is 2. The highest BCUT2D eigenvalue weighted by Gasteiger charge is 2.26. The molecule has 0 spiro atoms. The van der Waals surface area contributed by atoms with Gasteiger partial charge in [-0.15, -0.1) is 0 Å². The fourth-order valence-electron chi connectivity index (χ4n) is 2.63. The van der Waals surface area contributed by atoms with E-state index >= 15 is 0 Å². The number of nitrogens with one attached hydrogen (secondary N) is 2. The lowest BCUT2D eigenvalue weighted by molar-refractivity contribution is -0.122. The SMILES string of the molecule is CC(C)OCCCNC(=O)C(Cc1ccccc1)NS(=O)(=O)c1ccc(Cl)cc1. The molecule has 2 aromatic carbocycles. The zero-order valence-corrected chi connectivity index (χ0v) is 18.2. The Kier molecular flexibility index (Phi) is 9.10. The first-order valence-corrected chi connectivity index (χ1v) is 11.3. The van der Waals surface area contributed by atoms with Gasteiger partial charge < -0.3 is 10.1 Å². The van der Waals surface area contributed by atoms with E-state index in [1.807, 2.05) is 44.2 Å². The summed E-state index contributed by atoms with van der Waals surface area (Å²) in [5.41, 5.74) is 0.856. The third kappa shape index (κ3) is 8.14. The Labute approximate surface area is 177 Å². The zero-order chi connectivity index (χ0) is 21.3. The van der Waals surface area contributed by atoms with Gasteiger partial charge in [0.25, 0.3) is 0 Å². The predicted molar refractivity (Wildman–Crippen MR) is 114 cm³/mol. The van der Waals surface area contributed by atoms with Gasteiger partial charge in [0.05, 0.1) is 11.0 Å². The zero-order valence-electron chi connectivity index (χ0n) is 16.6. The summed E-state index contributed by atoms with van der Waals surface area (Å²) in [7, 11) is -3.88. The average Bonchev–Trinajstić information content (AvgIpc) is 2.68. The Morgan fingerprint density at radius 3 is 2.34 bits per heavy atom. The fraction of sp³-hybridized carbons (Fsp3) is 0.381. The molecule has 0 aliphatic rings. The van der Waals surface area contributed by atoms with Crippen LogP contribution in [0, 0.1) is 0 Å². The molecule has 0 aliphatic heterocycles.